The van der Waals surface area contributed by atoms with E-state index in [2.05, 4.69) is 15.3 Å². The van der Waals surface area contributed by atoms with Crippen LogP contribution in [0, 0.1) is 6.92 Å². The third-order valence-corrected chi connectivity index (χ3v) is 5.05. The van der Waals surface area contributed by atoms with Gasteiger partial charge in [-0.05, 0) is 43.7 Å². The van der Waals surface area contributed by atoms with Crippen molar-refractivity contribution in [2.45, 2.75) is 24.8 Å². The second kappa shape index (κ2) is 7.18. The standard InChI is InChI=1S/C17H15ClN4O4S/c1-10-7-8-13(15(9-10)27(24,25)26)19-20-16-11(2)21-22(17(16)23)14-6-4-3-5-12(14)18/h3-9,16H,1-2H3,(H,24,25,26). The van der Waals surface area contributed by atoms with Crippen LogP contribution in [0.1, 0.15) is 12.5 Å². The summed E-state index contributed by atoms with van der Waals surface area (Å²) < 4.78 is 32.5. The van der Waals surface area contributed by atoms with E-state index in [9.17, 15) is 17.8 Å². The molecule has 8 nitrogen and oxygen atoms in total. The molecule has 2 aromatic carbocycles. The van der Waals surface area contributed by atoms with Gasteiger partial charge in [-0.2, -0.15) is 28.8 Å². The predicted molar refractivity (Wildman–Crippen MR) is 101 cm³/mol. The third kappa shape index (κ3) is 3.90. The van der Waals surface area contributed by atoms with Gasteiger partial charge in [0.15, 0.2) is 6.04 Å². The Morgan fingerprint density at radius 1 is 1.19 bits per heavy atom. The minimum atomic E-state index is -4.48. The van der Waals surface area contributed by atoms with Gasteiger partial charge in [-0.3, -0.25) is 9.35 Å². The van der Waals surface area contributed by atoms with Gasteiger partial charge < -0.3 is 0 Å². The lowest BCUT2D eigenvalue weighted by atomic mass is 10.2. The monoisotopic (exact) mass is 406 g/mol. The molecule has 140 valence electrons. The number of rotatable bonds is 4. The summed E-state index contributed by atoms with van der Waals surface area (Å²) in [5.41, 5.74) is 1.35. The van der Waals surface area contributed by atoms with E-state index in [-0.39, 0.29) is 10.6 Å². The topological polar surface area (TPSA) is 112 Å². The van der Waals surface area contributed by atoms with E-state index in [4.69, 9.17) is 11.6 Å². The number of hydrazone groups is 1. The lowest BCUT2D eigenvalue weighted by Gasteiger charge is -2.13. The number of hydrogen-bond acceptors (Lipinski definition) is 6. The first-order valence-electron chi connectivity index (χ1n) is 7.81. The molecule has 0 spiro atoms. The number of carbonyl (C=O) groups is 1. The van der Waals surface area contributed by atoms with Crippen molar-refractivity contribution < 1.29 is 17.8 Å². The molecule has 1 heterocycles. The van der Waals surface area contributed by atoms with Crippen LogP contribution in [0.4, 0.5) is 11.4 Å². The molecule has 0 saturated carbocycles. The van der Waals surface area contributed by atoms with Gasteiger partial charge in [0, 0.05) is 0 Å². The molecule has 1 amide bonds. The van der Waals surface area contributed by atoms with Gasteiger partial charge in [-0.15, -0.1) is 0 Å². The van der Waals surface area contributed by atoms with E-state index in [1.807, 2.05) is 0 Å². The van der Waals surface area contributed by atoms with Crippen LogP contribution >= 0.6 is 11.6 Å². The second-order valence-corrected chi connectivity index (χ2v) is 7.70. The highest BCUT2D eigenvalue weighted by molar-refractivity contribution is 7.86. The van der Waals surface area contributed by atoms with Crippen molar-refractivity contribution in [1.82, 2.24) is 0 Å². The average Bonchev–Trinajstić information content (AvgIpc) is 2.87. The number of nitrogens with zero attached hydrogens (tertiary/aromatic N) is 4. The van der Waals surface area contributed by atoms with E-state index in [1.165, 1.54) is 12.1 Å². The van der Waals surface area contributed by atoms with E-state index in [0.29, 0.717) is 22.0 Å². The Labute approximate surface area is 160 Å². The van der Waals surface area contributed by atoms with Crippen LogP contribution in [0.15, 0.2) is 62.7 Å². The number of benzene rings is 2. The molecule has 0 bridgehead atoms. The van der Waals surface area contributed by atoms with Gasteiger partial charge in [0.2, 0.25) is 0 Å². The maximum absolute atomic E-state index is 12.7. The lowest BCUT2D eigenvalue weighted by molar-refractivity contribution is -0.117. The number of anilines is 1. The fourth-order valence-corrected chi connectivity index (χ4v) is 3.44. The predicted octanol–water partition coefficient (Wildman–Crippen LogP) is 3.77. The van der Waals surface area contributed by atoms with E-state index < -0.39 is 22.1 Å². The average molecular weight is 407 g/mol. The Balaban J connectivity index is 1.93. The second-order valence-electron chi connectivity index (χ2n) is 5.91. The molecule has 1 aliphatic heterocycles. The number of halogens is 1. The third-order valence-electron chi connectivity index (χ3n) is 3.85. The summed E-state index contributed by atoms with van der Waals surface area (Å²) in [5, 5.41) is 13.5. The largest absolute Gasteiger partial charge is 0.296 e. The zero-order valence-electron chi connectivity index (χ0n) is 14.4. The maximum atomic E-state index is 12.7. The lowest BCUT2D eigenvalue weighted by Crippen LogP contribution is -2.29. The molecule has 0 fully saturated rings. The zero-order valence-corrected chi connectivity index (χ0v) is 15.9. The van der Waals surface area contributed by atoms with Crippen molar-refractivity contribution in [2.75, 3.05) is 5.01 Å². The quantitative estimate of drug-likeness (QED) is 0.615. The Morgan fingerprint density at radius 2 is 1.89 bits per heavy atom. The minimum absolute atomic E-state index is 0.0695. The number of amides is 1. The van der Waals surface area contributed by atoms with E-state index in [0.717, 1.165) is 5.01 Å². The van der Waals surface area contributed by atoms with Crippen LogP contribution in [0.5, 0.6) is 0 Å². The van der Waals surface area contributed by atoms with Crippen molar-refractivity contribution >= 4 is 44.7 Å². The Kier molecular flexibility index (Phi) is 5.09. The van der Waals surface area contributed by atoms with E-state index in [1.54, 1.807) is 44.2 Å². The highest BCUT2D eigenvalue weighted by atomic mass is 35.5. The van der Waals surface area contributed by atoms with Crippen LogP contribution in [0.25, 0.3) is 0 Å². The van der Waals surface area contributed by atoms with Crippen molar-refractivity contribution in [3.8, 4) is 0 Å². The summed E-state index contributed by atoms with van der Waals surface area (Å²) in [5.74, 6) is -0.468. The van der Waals surface area contributed by atoms with Crippen molar-refractivity contribution in [3.05, 3.63) is 53.1 Å². The molecule has 2 aromatic rings. The molecule has 1 N–H and O–H groups in total. The Hall–Kier alpha value is -2.62. The van der Waals surface area contributed by atoms with E-state index >= 15 is 0 Å². The molecule has 10 heteroatoms. The van der Waals surface area contributed by atoms with Crippen molar-refractivity contribution in [1.29, 1.82) is 0 Å². The fraction of sp³-hybridized carbons (Fsp3) is 0.176. The van der Waals surface area contributed by atoms with Crippen LogP contribution < -0.4 is 5.01 Å². The molecule has 27 heavy (non-hydrogen) atoms. The molecule has 1 aliphatic rings. The van der Waals surface area contributed by atoms with Gasteiger partial charge in [0.1, 0.15) is 10.6 Å². The Morgan fingerprint density at radius 3 is 2.56 bits per heavy atom. The van der Waals surface area contributed by atoms with Crippen molar-refractivity contribution in [3.63, 3.8) is 0 Å². The molecule has 3 rings (SSSR count). The first-order chi connectivity index (χ1) is 12.7. The number of carbonyl (C=O) groups excluding carboxylic acids is 1. The van der Waals surface area contributed by atoms with Crippen molar-refractivity contribution in [2.24, 2.45) is 15.3 Å². The number of azo groups is 1. The van der Waals surface area contributed by atoms with Gasteiger partial charge in [0.05, 0.1) is 16.4 Å². The summed E-state index contributed by atoms with van der Waals surface area (Å²) in [6.45, 7) is 3.28. The molecule has 0 aliphatic carbocycles. The summed E-state index contributed by atoms with van der Waals surface area (Å²) in [4.78, 5) is 12.3. The van der Waals surface area contributed by atoms with Crippen LogP contribution in [0.3, 0.4) is 0 Å². The normalized spacial score (nSPS) is 17.6. The number of para-hydroxylation sites is 1. The maximum Gasteiger partial charge on any atom is 0.296 e. The van der Waals surface area contributed by atoms with Crippen LogP contribution in [-0.2, 0) is 14.9 Å². The van der Waals surface area contributed by atoms with Gasteiger partial charge in [-0.25, -0.2) is 0 Å². The summed E-state index contributed by atoms with van der Waals surface area (Å²) in [7, 11) is -4.48. The Bertz CT molecular complexity index is 1080. The molecule has 0 radical (unpaired) electrons. The molecule has 1 unspecified atom stereocenters. The molecule has 0 saturated heterocycles. The summed E-state index contributed by atoms with van der Waals surface area (Å²) in [6, 6.07) is 10.0. The SMILES string of the molecule is CC1=NN(c2ccccc2Cl)C(=O)C1N=Nc1ccc(C)cc1S(=O)(=O)O. The highest BCUT2D eigenvalue weighted by Gasteiger charge is 2.35. The van der Waals surface area contributed by atoms with Gasteiger partial charge >= 0.3 is 0 Å². The summed E-state index contributed by atoms with van der Waals surface area (Å²) in [6.07, 6.45) is 0. The number of hydrogen-bond donors (Lipinski definition) is 1. The fourth-order valence-electron chi connectivity index (χ4n) is 2.52. The zero-order chi connectivity index (χ0) is 19.8. The smallest absolute Gasteiger partial charge is 0.282 e. The van der Waals surface area contributed by atoms with Gasteiger partial charge in [-0.1, -0.05) is 29.8 Å². The van der Waals surface area contributed by atoms with Crippen LogP contribution in [0.2, 0.25) is 5.02 Å². The first kappa shape index (κ1) is 19.2. The minimum Gasteiger partial charge on any atom is -0.282 e. The first-order valence-corrected chi connectivity index (χ1v) is 9.63. The molecule has 1 atom stereocenters. The highest BCUT2D eigenvalue weighted by Crippen LogP contribution is 2.30. The van der Waals surface area contributed by atoms with Crippen LogP contribution in [-0.4, -0.2) is 30.6 Å². The molecular formula is C17H15ClN4O4S. The van der Waals surface area contributed by atoms with Gasteiger partial charge in [0.25, 0.3) is 16.0 Å². The molecule has 0 aromatic heterocycles. The summed E-state index contributed by atoms with van der Waals surface area (Å²) >= 11 is 6.11. The number of aryl methyl sites for hydroxylation is 1. The molecular weight excluding hydrogens is 392 g/mol.